The number of halogens is 3. The zero-order valence-electron chi connectivity index (χ0n) is 7.10. The van der Waals surface area contributed by atoms with Gasteiger partial charge in [-0.25, -0.2) is 4.98 Å². The molecule has 0 aliphatic rings. The Morgan fingerprint density at radius 2 is 2.00 bits per heavy atom. The summed E-state index contributed by atoms with van der Waals surface area (Å²) < 4.78 is 0. The summed E-state index contributed by atoms with van der Waals surface area (Å²) in [7, 11) is 0. The molecule has 0 aliphatic carbocycles. The molecule has 0 N–H and O–H groups in total. The fourth-order valence-corrected chi connectivity index (χ4v) is 2.14. The minimum atomic E-state index is 0.425. The fraction of sp³-hybridized carbons (Fsp3) is 0.100. The van der Waals surface area contributed by atoms with Gasteiger partial charge in [0.1, 0.15) is 5.15 Å². The van der Waals surface area contributed by atoms with Crippen LogP contribution in [0.25, 0.3) is 10.9 Å². The lowest BCUT2D eigenvalue weighted by Gasteiger charge is -2.02. The van der Waals surface area contributed by atoms with Gasteiger partial charge >= 0.3 is 0 Å². The maximum Gasteiger partial charge on any atom is 0.131 e. The van der Waals surface area contributed by atoms with Gasteiger partial charge in [0.05, 0.1) is 10.5 Å². The molecule has 2 rings (SSSR count). The van der Waals surface area contributed by atoms with Crippen LogP contribution in [0.4, 0.5) is 0 Å². The molecule has 0 fully saturated rings. The van der Waals surface area contributed by atoms with Crippen molar-refractivity contribution in [2.45, 2.75) is 5.33 Å². The molecule has 0 bridgehead atoms. The average molecular weight is 291 g/mol. The number of rotatable bonds is 1. The highest BCUT2D eigenvalue weighted by molar-refractivity contribution is 9.08. The van der Waals surface area contributed by atoms with E-state index in [-0.39, 0.29) is 0 Å². The largest absolute Gasteiger partial charge is 0.236 e. The van der Waals surface area contributed by atoms with E-state index in [1.165, 1.54) is 5.56 Å². The van der Waals surface area contributed by atoms with E-state index in [1.807, 2.05) is 18.2 Å². The SMILES string of the molecule is Clc1cc(Cl)c2cc(CBr)ccc2n1. The highest BCUT2D eigenvalue weighted by Gasteiger charge is 2.03. The summed E-state index contributed by atoms with van der Waals surface area (Å²) in [6, 6.07) is 7.58. The van der Waals surface area contributed by atoms with E-state index in [0.29, 0.717) is 10.2 Å². The van der Waals surface area contributed by atoms with Crippen LogP contribution in [0.1, 0.15) is 5.56 Å². The Kier molecular flexibility index (Phi) is 2.96. The lowest BCUT2D eigenvalue weighted by molar-refractivity contribution is 1.38. The van der Waals surface area contributed by atoms with Gasteiger partial charge in [0.2, 0.25) is 0 Å². The van der Waals surface area contributed by atoms with E-state index < -0.39 is 0 Å². The standard InChI is InChI=1S/C10H6BrCl2N/c11-5-6-1-2-9-7(3-6)8(12)4-10(13)14-9/h1-4H,5H2. The third-order valence-electron chi connectivity index (χ3n) is 1.95. The summed E-state index contributed by atoms with van der Waals surface area (Å²) in [5.41, 5.74) is 2.00. The Morgan fingerprint density at radius 1 is 1.21 bits per heavy atom. The average Bonchev–Trinajstić information content (AvgIpc) is 2.17. The van der Waals surface area contributed by atoms with Crippen LogP contribution in [0.15, 0.2) is 24.3 Å². The van der Waals surface area contributed by atoms with Crippen molar-refractivity contribution in [3.8, 4) is 0 Å². The maximum atomic E-state index is 6.05. The monoisotopic (exact) mass is 289 g/mol. The Hall–Kier alpha value is -0.310. The van der Waals surface area contributed by atoms with Crippen molar-refractivity contribution >= 4 is 50.0 Å². The third kappa shape index (κ3) is 1.88. The first-order valence-electron chi connectivity index (χ1n) is 4.01. The van der Waals surface area contributed by atoms with Crippen LogP contribution in [-0.4, -0.2) is 4.98 Å². The molecule has 72 valence electrons. The molecule has 0 amide bonds. The van der Waals surface area contributed by atoms with Crippen molar-refractivity contribution in [2.75, 3.05) is 0 Å². The first kappa shape index (κ1) is 10.2. The topological polar surface area (TPSA) is 12.9 Å². The van der Waals surface area contributed by atoms with E-state index in [9.17, 15) is 0 Å². The summed E-state index contributed by atoms with van der Waals surface area (Å²) >= 11 is 15.2. The molecule has 1 nitrogen and oxygen atoms in total. The molecular weight excluding hydrogens is 285 g/mol. The first-order chi connectivity index (χ1) is 6.70. The summed E-state index contributed by atoms with van der Waals surface area (Å²) in [6.45, 7) is 0. The molecular formula is C10H6BrCl2N. The number of fused-ring (bicyclic) bond motifs is 1. The number of hydrogen-bond donors (Lipinski definition) is 0. The van der Waals surface area contributed by atoms with Crippen LogP contribution in [0.3, 0.4) is 0 Å². The molecule has 0 unspecified atom stereocenters. The van der Waals surface area contributed by atoms with Crippen LogP contribution in [0.5, 0.6) is 0 Å². The van der Waals surface area contributed by atoms with Crippen molar-refractivity contribution in [3.63, 3.8) is 0 Å². The number of pyridine rings is 1. The summed E-state index contributed by atoms with van der Waals surface area (Å²) in [5.74, 6) is 0. The van der Waals surface area contributed by atoms with Crippen molar-refractivity contribution < 1.29 is 0 Å². The highest BCUT2D eigenvalue weighted by Crippen LogP contribution is 2.26. The van der Waals surface area contributed by atoms with Gasteiger partial charge in [-0.1, -0.05) is 45.2 Å². The summed E-state index contributed by atoms with van der Waals surface area (Å²) in [5, 5.41) is 2.81. The smallest absolute Gasteiger partial charge is 0.131 e. The van der Waals surface area contributed by atoms with Gasteiger partial charge in [-0.05, 0) is 23.8 Å². The van der Waals surface area contributed by atoms with Gasteiger partial charge in [-0.2, -0.15) is 0 Å². The quantitative estimate of drug-likeness (QED) is 0.559. The van der Waals surface area contributed by atoms with Crippen molar-refractivity contribution in [2.24, 2.45) is 0 Å². The second kappa shape index (κ2) is 4.05. The Labute approximate surface area is 100 Å². The van der Waals surface area contributed by atoms with Crippen LogP contribution >= 0.6 is 39.1 Å². The lowest BCUT2D eigenvalue weighted by atomic mass is 10.1. The minimum absolute atomic E-state index is 0.425. The minimum Gasteiger partial charge on any atom is -0.236 e. The van der Waals surface area contributed by atoms with Crippen molar-refractivity contribution in [3.05, 3.63) is 40.0 Å². The molecule has 0 saturated heterocycles. The van der Waals surface area contributed by atoms with Crippen LogP contribution in [0, 0.1) is 0 Å². The first-order valence-corrected chi connectivity index (χ1v) is 5.89. The summed E-state index contributed by atoms with van der Waals surface area (Å²) in [4.78, 5) is 4.18. The van der Waals surface area contributed by atoms with E-state index in [2.05, 4.69) is 20.9 Å². The number of alkyl halides is 1. The Morgan fingerprint density at radius 3 is 2.71 bits per heavy atom. The molecule has 14 heavy (non-hydrogen) atoms. The van der Waals surface area contributed by atoms with E-state index in [4.69, 9.17) is 23.2 Å². The third-order valence-corrected chi connectivity index (χ3v) is 3.10. The number of nitrogens with zero attached hydrogens (tertiary/aromatic N) is 1. The zero-order valence-corrected chi connectivity index (χ0v) is 10.2. The van der Waals surface area contributed by atoms with Crippen molar-refractivity contribution in [1.82, 2.24) is 4.98 Å². The molecule has 2 aromatic rings. The Bertz CT molecular complexity index is 485. The molecule has 4 heteroatoms. The molecule has 1 aromatic carbocycles. The molecule has 1 aromatic heterocycles. The molecule has 0 atom stereocenters. The van der Waals surface area contributed by atoms with Crippen LogP contribution in [0.2, 0.25) is 10.2 Å². The normalized spacial score (nSPS) is 10.8. The number of benzene rings is 1. The van der Waals surface area contributed by atoms with Crippen molar-refractivity contribution in [1.29, 1.82) is 0 Å². The zero-order chi connectivity index (χ0) is 10.1. The molecule has 0 radical (unpaired) electrons. The fourth-order valence-electron chi connectivity index (χ4n) is 1.28. The van der Waals surface area contributed by atoms with Gasteiger partial charge in [-0.3, -0.25) is 0 Å². The van der Waals surface area contributed by atoms with Gasteiger partial charge in [0.25, 0.3) is 0 Å². The second-order valence-electron chi connectivity index (χ2n) is 2.91. The molecule has 0 spiro atoms. The maximum absolute atomic E-state index is 6.05. The van der Waals surface area contributed by atoms with Gasteiger partial charge in [0, 0.05) is 10.7 Å². The number of aromatic nitrogens is 1. The van der Waals surface area contributed by atoms with E-state index in [0.717, 1.165) is 16.2 Å². The Balaban J connectivity index is 2.75. The molecule has 0 aliphatic heterocycles. The van der Waals surface area contributed by atoms with E-state index >= 15 is 0 Å². The second-order valence-corrected chi connectivity index (χ2v) is 4.27. The lowest BCUT2D eigenvalue weighted by Crippen LogP contribution is -1.84. The van der Waals surface area contributed by atoms with Crippen LogP contribution in [-0.2, 0) is 5.33 Å². The highest BCUT2D eigenvalue weighted by atomic mass is 79.9. The van der Waals surface area contributed by atoms with Gasteiger partial charge in [0.15, 0.2) is 0 Å². The predicted molar refractivity (Wildman–Crippen MR) is 64.4 cm³/mol. The van der Waals surface area contributed by atoms with Crippen LogP contribution < -0.4 is 0 Å². The predicted octanol–water partition coefficient (Wildman–Crippen LogP) is 4.44. The number of hydrogen-bond acceptors (Lipinski definition) is 1. The molecule has 1 heterocycles. The van der Waals surface area contributed by atoms with Gasteiger partial charge in [-0.15, -0.1) is 0 Å². The van der Waals surface area contributed by atoms with E-state index in [1.54, 1.807) is 6.07 Å². The summed E-state index contributed by atoms with van der Waals surface area (Å²) in [6.07, 6.45) is 0. The molecule has 0 saturated carbocycles. The van der Waals surface area contributed by atoms with Gasteiger partial charge < -0.3 is 0 Å².